The minimum absolute atomic E-state index is 0.209. The van der Waals surface area contributed by atoms with Crippen LogP contribution in [0, 0.1) is 6.92 Å². The van der Waals surface area contributed by atoms with E-state index in [-0.39, 0.29) is 6.10 Å². The van der Waals surface area contributed by atoms with E-state index in [9.17, 15) is 0 Å². The summed E-state index contributed by atoms with van der Waals surface area (Å²) in [5, 5.41) is 5.63. The standard InChI is InChI=1S/C16H21NOS/c1-12(2)18-15-7-5-4-6-14(15)10-17-11-16-13(3)8-9-19-16/h4-9,12,17H,10-11H2,1-3H3. The largest absolute Gasteiger partial charge is 0.491 e. The Morgan fingerprint density at radius 1 is 1.16 bits per heavy atom. The smallest absolute Gasteiger partial charge is 0.124 e. The lowest BCUT2D eigenvalue weighted by molar-refractivity contribution is 0.239. The number of ether oxygens (including phenoxy) is 1. The lowest BCUT2D eigenvalue weighted by Gasteiger charge is -2.14. The maximum atomic E-state index is 5.82. The van der Waals surface area contributed by atoms with E-state index in [1.54, 1.807) is 11.3 Å². The zero-order valence-corrected chi connectivity index (χ0v) is 12.6. The Kier molecular flexibility index (Phi) is 5.00. The van der Waals surface area contributed by atoms with Gasteiger partial charge < -0.3 is 10.1 Å². The minimum atomic E-state index is 0.209. The number of thiophene rings is 1. The van der Waals surface area contributed by atoms with E-state index in [0.29, 0.717) is 0 Å². The van der Waals surface area contributed by atoms with E-state index in [1.165, 1.54) is 16.0 Å². The van der Waals surface area contributed by atoms with Gasteiger partial charge in [0.2, 0.25) is 0 Å². The Balaban J connectivity index is 1.94. The van der Waals surface area contributed by atoms with Crippen molar-refractivity contribution in [1.29, 1.82) is 0 Å². The third kappa shape index (κ3) is 4.08. The van der Waals surface area contributed by atoms with Gasteiger partial charge in [0, 0.05) is 23.5 Å². The quantitative estimate of drug-likeness (QED) is 0.855. The van der Waals surface area contributed by atoms with E-state index in [1.807, 2.05) is 12.1 Å². The molecule has 0 aliphatic carbocycles. The molecule has 0 saturated carbocycles. The fourth-order valence-corrected chi connectivity index (χ4v) is 2.79. The van der Waals surface area contributed by atoms with Crippen LogP contribution in [0.1, 0.15) is 29.9 Å². The zero-order valence-electron chi connectivity index (χ0n) is 11.8. The Hall–Kier alpha value is -1.32. The SMILES string of the molecule is Cc1ccsc1CNCc1ccccc1OC(C)C. The van der Waals surface area contributed by atoms with E-state index >= 15 is 0 Å². The van der Waals surface area contributed by atoms with Gasteiger partial charge in [-0.1, -0.05) is 18.2 Å². The van der Waals surface area contributed by atoms with Gasteiger partial charge in [-0.25, -0.2) is 0 Å². The van der Waals surface area contributed by atoms with Crippen LogP contribution in [0.3, 0.4) is 0 Å². The van der Waals surface area contributed by atoms with E-state index in [2.05, 4.69) is 49.7 Å². The highest BCUT2D eigenvalue weighted by Gasteiger charge is 2.05. The summed E-state index contributed by atoms with van der Waals surface area (Å²) in [7, 11) is 0. The second-order valence-electron chi connectivity index (χ2n) is 4.90. The van der Waals surface area contributed by atoms with Crippen molar-refractivity contribution in [2.75, 3.05) is 0 Å². The maximum absolute atomic E-state index is 5.82. The predicted molar refractivity (Wildman–Crippen MR) is 81.8 cm³/mol. The lowest BCUT2D eigenvalue weighted by atomic mass is 10.2. The summed E-state index contributed by atoms with van der Waals surface area (Å²) in [6, 6.07) is 10.4. The van der Waals surface area contributed by atoms with Crippen molar-refractivity contribution in [3.05, 3.63) is 51.7 Å². The van der Waals surface area contributed by atoms with Gasteiger partial charge in [-0.2, -0.15) is 0 Å². The lowest BCUT2D eigenvalue weighted by Crippen LogP contribution is -2.14. The van der Waals surface area contributed by atoms with Gasteiger partial charge in [-0.05, 0) is 43.8 Å². The molecule has 0 fully saturated rings. The molecule has 0 saturated heterocycles. The summed E-state index contributed by atoms with van der Waals surface area (Å²) in [6.45, 7) is 8.02. The summed E-state index contributed by atoms with van der Waals surface area (Å²) in [4.78, 5) is 1.40. The van der Waals surface area contributed by atoms with Crippen LogP contribution in [0.25, 0.3) is 0 Å². The van der Waals surface area contributed by atoms with Gasteiger partial charge in [-0.3, -0.25) is 0 Å². The van der Waals surface area contributed by atoms with Crippen molar-refractivity contribution in [3.8, 4) is 5.75 Å². The number of aryl methyl sites for hydroxylation is 1. The summed E-state index contributed by atoms with van der Waals surface area (Å²) in [6.07, 6.45) is 0.209. The third-order valence-corrected chi connectivity index (χ3v) is 3.93. The number of nitrogens with one attached hydrogen (secondary N) is 1. The van der Waals surface area contributed by atoms with Crippen LogP contribution in [0.4, 0.5) is 0 Å². The second kappa shape index (κ2) is 6.73. The first kappa shape index (κ1) is 14.1. The van der Waals surface area contributed by atoms with Crippen molar-refractivity contribution in [2.24, 2.45) is 0 Å². The van der Waals surface area contributed by atoms with Crippen LogP contribution >= 0.6 is 11.3 Å². The summed E-state index contributed by atoms with van der Waals surface area (Å²) in [5.74, 6) is 0.980. The molecule has 1 aromatic carbocycles. The number of para-hydroxylation sites is 1. The molecule has 0 unspecified atom stereocenters. The van der Waals surface area contributed by atoms with Gasteiger partial charge in [0.1, 0.15) is 5.75 Å². The molecule has 0 aliphatic heterocycles. The molecule has 0 radical (unpaired) electrons. The topological polar surface area (TPSA) is 21.3 Å². The Morgan fingerprint density at radius 2 is 1.95 bits per heavy atom. The van der Waals surface area contributed by atoms with E-state index in [0.717, 1.165) is 18.8 Å². The highest BCUT2D eigenvalue weighted by molar-refractivity contribution is 7.10. The third-order valence-electron chi connectivity index (χ3n) is 2.90. The first-order chi connectivity index (χ1) is 9.16. The van der Waals surface area contributed by atoms with Crippen LogP contribution in [-0.4, -0.2) is 6.10 Å². The molecule has 0 aliphatic rings. The van der Waals surface area contributed by atoms with Gasteiger partial charge in [0.25, 0.3) is 0 Å². The van der Waals surface area contributed by atoms with Crippen molar-refractivity contribution in [2.45, 2.75) is 40.0 Å². The molecular formula is C16H21NOS. The summed E-state index contributed by atoms with van der Waals surface area (Å²) < 4.78 is 5.82. The monoisotopic (exact) mass is 275 g/mol. The second-order valence-corrected chi connectivity index (χ2v) is 5.91. The van der Waals surface area contributed by atoms with Gasteiger partial charge in [-0.15, -0.1) is 11.3 Å². The molecule has 0 amide bonds. The molecule has 1 aromatic heterocycles. The van der Waals surface area contributed by atoms with Crippen LogP contribution in [0.15, 0.2) is 35.7 Å². The fourth-order valence-electron chi connectivity index (χ4n) is 1.91. The van der Waals surface area contributed by atoms with Gasteiger partial charge in [0.05, 0.1) is 6.10 Å². The first-order valence-corrected chi connectivity index (χ1v) is 7.53. The Morgan fingerprint density at radius 3 is 2.63 bits per heavy atom. The zero-order chi connectivity index (χ0) is 13.7. The molecule has 0 spiro atoms. The molecule has 19 heavy (non-hydrogen) atoms. The fraction of sp³-hybridized carbons (Fsp3) is 0.375. The average Bonchev–Trinajstić information content (AvgIpc) is 2.77. The summed E-state index contributed by atoms with van der Waals surface area (Å²) >= 11 is 1.81. The number of rotatable bonds is 6. The molecule has 1 heterocycles. The average molecular weight is 275 g/mol. The number of benzene rings is 1. The van der Waals surface area contributed by atoms with E-state index < -0.39 is 0 Å². The molecule has 2 rings (SSSR count). The Labute approximate surface area is 119 Å². The number of hydrogen-bond donors (Lipinski definition) is 1. The molecule has 3 heteroatoms. The highest BCUT2D eigenvalue weighted by atomic mass is 32.1. The molecule has 0 atom stereocenters. The highest BCUT2D eigenvalue weighted by Crippen LogP contribution is 2.20. The Bertz CT molecular complexity index is 519. The first-order valence-electron chi connectivity index (χ1n) is 6.65. The van der Waals surface area contributed by atoms with Crippen LogP contribution in [0.5, 0.6) is 5.75 Å². The van der Waals surface area contributed by atoms with Crippen molar-refractivity contribution in [1.82, 2.24) is 5.32 Å². The molecule has 2 aromatic rings. The molecule has 1 N–H and O–H groups in total. The normalized spacial score (nSPS) is 10.9. The molecule has 2 nitrogen and oxygen atoms in total. The van der Waals surface area contributed by atoms with Gasteiger partial charge >= 0.3 is 0 Å². The van der Waals surface area contributed by atoms with Crippen LogP contribution in [0.2, 0.25) is 0 Å². The number of hydrogen-bond acceptors (Lipinski definition) is 3. The van der Waals surface area contributed by atoms with Gasteiger partial charge in [0.15, 0.2) is 0 Å². The van der Waals surface area contributed by atoms with Crippen molar-refractivity contribution in [3.63, 3.8) is 0 Å². The molecule has 0 bridgehead atoms. The molecule has 102 valence electrons. The molecular weight excluding hydrogens is 254 g/mol. The van der Waals surface area contributed by atoms with Crippen molar-refractivity contribution < 1.29 is 4.74 Å². The van der Waals surface area contributed by atoms with E-state index in [4.69, 9.17) is 4.74 Å². The predicted octanol–water partition coefficient (Wildman–Crippen LogP) is 4.13. The summed E-state index contributed by atoms with van der Waals surface area (Å²) in [5.41, 5.74) is 2.58. The van der Waals surface area contributed by atoms with Crippen LogP contribution in [-0.2, 0) is 13.1 Å². The van der Waals surface area contributed by atoms with Crippen LogP contribution < -0.4 is 10.1 Å². The maximum Gasteiger partial charge on any atom is 0.124 e. The van der Waals surface area contributed by atoms with Crippen molar-refractivity contribution >= 4 is 11.3 Å². The minimum Gasteiger partial charge on any atom is -0.491 e.